The number of hydrogen-bond donors (Lipinski definition) is 2. The highest BCUT2D eigenvalue weighted by Gasteiger charge is 2.17. The molecular weight excluding hydrogens is 148 g/mol. The van der Waals surface area contributed by atoms with Crippen LogP contribution in [0.4, 0.5) is 0 Å². The molecule has 1 saturated heterocycles. The molecule has 0 bridgehead atoms. The van der Waals surface area contributed by atoms with Crippen molar-refractivity contribution in [3.05, 3.63) is 11.1 Å². The van der Waals surface area contributed by atoms with E-state index in [0.717, 1.165) is 25.7 Å². The van der Waals surface area contributed by atoms with Crippen LogP contribution in [0.3, 0.4) is 0 Å². The van der Waals surface area contributed by atoms with E-state index in [2.05, 4.69) is 17.6 Å². The van der Waals surface area contributed by atoms with Crippen LogP contribution in [-0.4, -0.2) is 25.7 Å². The van der Waals surface area contributed by atoms with E-state index < -0.39 is 0 Å². The first kappa shape index (κ1) is 8.27. The van der Waals surface area contributed by atoms with Gasteiger partial charge in [-0.05, 0) is 25.3 Å². The van der Waals surface area contributed by atoms with Gasteiger partial charge >= 0.3 is 0 Å². The molecule has 68 valence electrons. The van der Waals surface area contributed by atoms with Gasteiger partial charge in [0.1, 0.15) is 0 Å². The summed E-state index contributed by atoms with van der Waals surface area (Å²) in [6, 6.07) is 0.827. The van der Waals surface area contributed by atoms with Gasteiger partial charge in [0.05, 0.1) is 0 Å². The quantitative estimate of drug-likeness (QED) is 0.612. The molecule has 0 atom stereocenters. The van der Waals surface area contributed by atoms with Crippen molar-refractivity contribution >= 4 is 0 Å². The molecule has 0 radical (unpaired) electrons. The minimum atomic E-state index is 0.827. The zero-order valence-electron chi connectivity index (χ0n) is 7.82. The van der Waals surface area contributed by atoms with Crippen LogP contribution in [0.15, 0.2) is 11.1 Å². The van der Waals surface area contributed by atoms with Gasteiger partial charge in [-0.2, -0.15) is 0 Å². The van der Waals surface area contributed by atoms with E-state index in [1.165, 1.54) is 19.3 Å². The monoisotopic (exact) mass is 166 g/mol. The van der Waals surface area contributed by atoms with Crippen molar-refractivity contribution < 1.29 is 0 Å². The van der Waals surface area contributed by atoms with Crippen molar-refractivity contribution in [1.29, 1.82) is 0 Å². The van der Waals surface area contributed by atoms with Crippen molar-refractivity contribution in [1.82, 2.24) is 10.6 Å². The maximum Gasteiger partial charge on any atom is 0.0183 e. The molecule has 1 aliphatic carbocycles. The van der Waals surface area contributed by atoms with Crippen molar-refractivity contribution in [2.45, 2.75) is 32.2 Å². The Morgan fingerprint density at radius 2 is 2.25 bits per heavy atom. The van der Waals surface area contributed by atoms with Gasteiger partial charge in [0.25, 0.3) is 0 Å². The van der Waals surface area contributed by atoms with E-state index in [-0.39, 0.29) is 0 Å². The van der Waals surface area contributed by atoms with E-state index in [0.29, 0.717) is 0 Å². The van der Waals surface area contributed by atoms with Crippen LogP contribution in [0.2, 0.25) is 0 Å². The van der Waals surface area contributed by atoms with Crippen LogP contribution in [-0.2, 0) is 0 Å². The average Bonchev–Trinajstić information content (AvgIpc) is 1.79. The molecule has 0 aromatic rings. The van der Waals surface area contributed by atoms with Gasteiger partial charge in [-0.25, -0.2) is 0 Å². The van der Waals surface area contributed by atoms with E-state index in [1.807, 2.05) is 0 Å². The fourth-order valence-electron chi connectivity index (χ4n) is 1.59. The number of rotatable bonds is 3. The molecule has 0 unspecified atom stereocenters. The fourth-order valence-corrected chi connectivity index (χ4v) is 1.59. The summed E-state index contributed by atoms with van der Waals surface area (Å²) in [4.78, 5) is 0. The Labute approximate surface area is 74.4 Å². The summed E-state index contributed by atoms with van der Waals surface area (Å²) >= 11 is 0. The Balaban J connectivity index is 1.71. The SMILES string of the molecule is CC(CNC1CCC1)=C1CNC1. The summed E-state index contributed by atoms with van der Waals surface area (Å²) in [6.45, 7) is 5.61. The smallest absolute Gasteiger partial charge is 0.0183 e. The summed E-state index contributed by atoms with van der Waals surface area (Å²) in [5.41, 5.74) is 3.17. The summed E-state index contributed by atoms with van der Waals surface area (Å²) in [7, 11) is 0. The largest absolute Gasteiger partial charge is 0.310 e. The fraction of sp³-hybridized carbons (Fsp3) is 0.800. The minimum absolute atomic E-state index is 0.827. The van der Waals surface area contributed by atoms with Crippen LogP contribution < -0.4 is 10.6 Å². The Morgan fingerprint density at radius 1 is 1.50 bits per heavy atom. The standard InChI is InChI=1S/C10H18N2/c1-8(9-6-11-7-9)5-12-10-3-2-4-10/h10-12H,2-7H2,1H3. The first-order valence-electron chi connectivity index (χ1n) is 4.98. The molecule has 0 amide bonds. The van der Waals surface area contributed by atoms with E-state index >= 15 is 0 Å². The number of hydrogen-bond acceptors (Lipinski definition) is 2. The van der Waals surface area contributed by atoms with Crippen molar-refractivity contribution in [3.63, 3.8) is 0 Å². The van der Waals surface area contributed by atoms with Gasteiger partial charge in [0.15, 0.2) is 0 Å². The Bertz CT molecular complexity index is 186. The van der Waals surface area contributed by atoms with E-state index in [1.54, 1.807) is 11.1 Å². The molecule has 0 aromatic heterocycles. The Hall–Kier alpha value is -0.340. The van der Waals surface area contributed by atoms with Gasteiger partial charge in [-0.15, -0.1) is 0 Å². The molecule has 0 aromatic carbocycles. The van der Waals surface area contributed by atoms with Gasteiger partial charge < -0.3 is 10.6 Å². The first-order chi connectivity index (χ1) is 5.86. The van der Waals surface area contributed by atoms with Crippen molar-refractivity contribution in [3.8, 4) is 0 Å². The Morgan fingerprint density at radius 3 is 2.67 bits per heavy atom. The molecule has 1 saturated carbocycles. The molecule has 0 spiro atoms. The molecule has 2 N–H and O–H groups in total. The van der Waals surface area contributed by atoms with E-state index in [4.69, 9.17) is 0 Å². The van der Waals surface area contributed by atoms with E-state index in [9.17, 15) is 0 Å². The highest BCUT2D eigenvalue weighted by Crippen LogP contribution is 2.18. The number of nitrogens with one attached hydrogen (secondary N) is 2. The summed E-state index contributed by atoms with van der Waals surface area (Å²) < 4.78 is 0. The second-order valence-electron chi connectivity index (χ2n) is 4.00. The summed E-state index contributed by atoms with van der Waals surface area (Å²) in [5, 5.41) is 6.85. The highest BCUT2D eigenvalue weighted by atomic mass is 14.9. The molecular formula is C10H18N2. The van der Waals surface area contributed by atoms with Crippen LogP contribution in [0.25, 0.3) is 0 Å². The summed E-state index contributed by atoms with van der Waals surface area (Å²) in [5.74, 6) is 0. The maximum absolute atomic E-state index is 3.58. The highest BCUT2D eigenvalue weighted by molar-refractivity contribution is 5.22. The molecule has 2 heteroatoms. The van der Waals surface area contributed by atoms with Crippen LogP contribution in [0, 0.1) is 0 Å². The molecule has 12 heavy (non-hydrogen) atoms. The third-order valence-corrected chi connectivity index (χ3v) is 3.04. The van der Waals surface area contributed by atoms with Gasteiger partial charge in [0, 0.05) is 25.7 Å². The topological polar surface area (TPSA) is 24.1 Å². The Kier molecular flexibility index (Phi) is 2.47. The van der Waals surface area contributed by atoms with Crippen molar-refractivity contribution in [2.75, 3.05) is 19.6 Å². The molecule has 2 fully saturated rings. The lowest BCUT2D eigenvalue weighted by atomic mass is 9.93. The molecule has 2 rings (SSSR count). The maximum atomic E-state index is 3.58. The zero-order chi connectivity index (χ0) is 8.39. The predicted octanol–water partition coefficient (Wildman–Crippen LogP) is 1.05. The normalized spacial score (nSPS) is 23.2. The van der Waals surface area contributed by atoms with Crippen LogP contribution in [0.5, 0.6) is 0 Å². The lowest BCUT2D eigenvalue weighted by molar-refractivity contribution is 0.348. The third kappa shape index (κ3) is 1.70. The molecule has 2 aliphatic rings. The third-order valence-electron chi connectivity index (χ3n) is 3.04. The van der Waals surface area contributed by atoms with Gasteiger partial charge in [-0.3, -0.25) is 0 Å². The average molecular weight is 166 g/mol. The van der Waals surface area contributed by atoms with Crippen LogP contribution in [0.1, 0.15) is 26.2 Å². The van der Waals surface area contributed by atoms with Gasteiger partial charge in [0.2, 0.25) is 0 Å². The zero-order valence-corrected chi connectivity index (χ0v) is 7.82. The first-order valence-corrected chi connectivity index (χ1v) is 4.98. The second-order valence-corrected chi connectivity index (χ2v) is 4.00. The predicted molar refractivity (Wildman–Crippen MR) is 51.2 cm³/mol. The second kappa shape index (κ2) is 3.58. The lowest BCUT2D eigenvalue weighted by Crippen LogP contribution is -2.39. The molecule has 1 heterocycles. The van der Waals surface area contributed by atoms with Crippen LogP contribution >= 0.6 is 0 Å². The minimum Gasteiger partial charge on any atom is -0.310 e. The molecule has 1 aliphatic heterocycles. The summed E-state index contributed by atoms with van der Waals surface area (Å²) in [6.07, 6.45) is 4.20. The lowest BCUT2D eigenvalue weighted by Gasteiger charge is -2.28. The van der Waals surface area contributed by atoms with Gasteiger partial charge in [-0.1, -0.05) is 12.0 Å². The molecule has 2 nitrogen and oxygen atoms in total. The van der Waals surface area contributed by atoms with Crippen molar-refractivity contribution in [2.24, 2.45) is 0 Å².